The first-order valence-electron chi connectivity index (χ1n) is 9.95. The Kier molecular flexibility index (Phi) is 5.96. The van der Waals surface area contributed by atoms with Crippen LogP contribution >= 0.6 is 0 Å². The summed E-state index contributed by atoms with van der Waals surface area (Å²) in [5.74, 6) is 0.200. The molecule has 1 fully saturated rings. The summed E-state index contributed by atoms with van der Waals surface area (Å²) in [6, 6.07) is 13.0. The summed E-state index contributed by atoms with van der Waals surface area (Å²) >= 11 is 0. The molecule has 150 valence electrons. The Balaban J connectivity index is 1.45. The van der Waals surface area contributed by atoms with Gasteiger partial charge in [-0.15, -0.1) is 0 Å². The standard InChI is InChI=1S/C21H27N3O3S/c25-15-14-23-12-10-22(11-13-23)8-3-9-24-18-4-1-2-5-20(18)28(27)21-7-6-17(26)16-19(21)24/h1-2,4-7,16,25-26H,3,8-15H2/p+1. The number of nitrogens with zero attached hydrogens (tertiary/aromatic N) is 2. The molecule has 2 aromatic carbocycles. The quantitative estimate of drug-likeness (QED) is 0.660. The highest BCUT2D eigenvalue weighted by Gasteiger charge is 2.28. The van der Waals surface area contributed by atoms with Crippen LogP contribution in [0.3, 0.4) is 0 Å². The van der Waals surface area contributed by atoms with Crippen LogP contribution in [0, 0.1) is 0 Å². The van der Waals surface area contributed by atoms with E-state index < -0.39 is 10.8 Å². The monoisotopic (exact) mass is 402 g/mol. The van der Waals surface area contributed by atoms with Crippen LogP contribution in [-0.2, 0) is 10.8 Å². The van der Waals surface area contributed by atoms with Crippen LogP contribution in [0.2, 0.25) is 0 Å². The van der Waals surface area contributed by atoms with Gasteiger partial charge in [0.25, 0.3) is 0 Å². The van der Waals surface area contributed by atoms with Crippen LogP contribution in [0.15, 0.2) is 52.3 Å². The van der Waals surface area contributed by atoms with E-state index >= 15 is 0 Å². The number of nitrogens with one attached hydrogen (secondary N) is 1. The van der Waals surface area contributed by atoms with Crippen molar-refractivity contribution in [2.45, 2.75) is 16.2 Å². The number of hydrogen-bond donors (Lipinski definition) is 3. The molecule has 0 saturated carbocycles. The number of fused-ring (bicyclic) bond motifs is 2. The van der Waals surface area contributed by atoms with E-state index in [1.54, 1.807) is 23.1 Å². The van der Waals surface area contributed by atoms with Crippen LogP contribution < -0.4 is 9.80 Å². The number of piperazine rings is 1. The average molecular weight is 403 g/mol. The van der Waals surface area contributed by atoms with Crippen molar-refractivity contribution in [3.05, 3.63) is 42.5 Å². The van der Waals surface area contributed by atoms with E-state index in [1.807, 2.05) is 24.3 Å². The summed E-state index contributed by atoms with van der Waals surface area (Å²) in [6.45, 7) is 7.22. The number of rotatable bonds is 6. The summed E-state index contributed by atoms with van der Waals surface area (Å²) in [5, 5.41) is 19.1. The number of aliphatic hydroxyl groups excluding tert-OH is 1. The van der Waals surface area contributed by atoms with Crippen molar-refractivity contribution in [3.8, 4) is 5.75 Å². The predicted molar refractivity (Wildman–Crippen MR) is 110 cm³/mol. The minimum atomic E-state index is -1.22. The average Bonchev–Trinajstić information content (AvgIpc) is 2.72. The number of anilines is 2. The second-order valence-electron chi connectivity index (χ2n) is 7.46. The van der Waals surface area contributed by atoms with E-state index in [9.17, 15) is 9.32 Å². The highest BCUT2D eigenvalue weighted by molar-refractivity contribution is 7.85. The van der Waals surface area contributed by atoms with Gasteiger partial charge in [-0.1, -0.05) is 12.1 Å². The molecular formula is C21H28N3O3S+. The molecule has 1 saturated heterocycles. The molecular weight excluding hydrogens is 374 g/mol. The van der Waals surface area contributed by atoms with Crippen molar-refractivity contribution < 1.29 is 19.3 Å². The molecule has 0 bridgehead atoms. The number of aliphatic hydroxyl groups is 1. The molecule has 1 unspecified atom stereocenters. The molecule has 28 heavy (non-hydrogen) atoms. The maximum absolute atomic E-state index is 12.9. The van der Waals surface area contributed by atoms with Crippen molar-refractivity contribution in [1.29, 1.82) is 0 Å². The zero-order chi connectivity index (χ0) is 19.5. The van der Waals surface area contributed by atoms with Gasteiger partial charge in [0, 0.05) is 38.7 Å². The number of phenolic OH excluding ortho intramolecular Hbond substituents is 1. The fourth-order valence-electron chi connectivity index (χ4n) is 4.17. The van der Waals surface area contributed by atoms with Crippen molar-refractivity contribution in [3.63, 3.8) is 0 Å². The third-order valence-corrected chi connectivity index (χ3v) is 7.17. The molecule has 6 nitrogen and oxygen atoms in total. The Morgan fingerprint density at radius 3 is 2.54 bits per heavy atom. The van der Waals surface area contributed by atoms with E-state index in [-0.39, 0.29) is 12.4 Å². The number of hydrogen-bond acceptors (Lipinski definition) is 5. The number of aromatic hydroxyl groups is 1. The van der Waals surface area contributed by atoms with Gasteiger partial charge >= 0.3 is 0 Å². The summed E-state index contributed by atoms with van der Waals surface area (Å²) < 4.78 is 12.9. The van der Waals surface area contributed by atoms with Gasteiger partial charge in [-0.3, -0.25) is 4.90 Å². The number of benzene rings is 2. The number of phenols is 1. The van der Waals surface area contributed by atoms with Crippen molar-refractivity contribution >= 4 is 22.2 Å². The van der Waals surface area contributed by atoms with Crippen LogP contribution in [0.5, 0.6) is 5.75 Å². The lowest BCUT2D eigenvalue weighted by Crippen LogP contribution is -3.14. The second-order valence-corrected chi connectivity index (χ2v) is 8.88. The van der Waals surface area contributed by atoms with Crippen LogP contribution in [0.1, 0.15) is 6.42 Å². The van der Waals surface area contributed by atoms with Crippen LogP contribution in [0.4, 0.5) is 11.4 Å². The van der Waals surface area contributed by atoms with Crippen LogP contribution in [-0.4, -0.2) is 71.7 Å². The smallest absolute Gasteiger partial charge is 0.117 e. The molecule has 0 aliphatic carbocycles. The molecule has 0 spiro atoms. The molecule has 7 heteroatoms. The lowest BCUT2D eigenvalue weighted by molar-refractivity contribution is -0.904. The first-order chi connectivity index (χ1) is 13.7. The van der Waals surface area contributed by atoms with E-state index in [1.165, 1.54) is 0 Å². The van der Waals surface area contributed by atoms with Gasteiger partial charge < -0.3 is 20.0 Å². The normalized spacial score (nSPS) is 20.0. The lowest BCUT2D eigenvalue weighted by Gasteiger charge is -2.34. The Morgan fingerprint density at radius 2 is 1.75 bits per heavy atom. The highest BCUT2D eigenvalue weighted by atomic mass is 32.2. The van der Waals surface area contributed by atoms with Gasteiger partial charge in [0.2, 0.25) is 0 Å². The second kappa shape index (κ2) is 8.61. The molecule has 0 aromatic heterocycles. The van der Waals surface area contributed by atoms with Crippen LogP contribution in [0.25, 0.3) is 0 Å². The van der Waals surface area contributed by atoms with E-state index in [0.29, 0.717) is 0 Å². The zero-order valence-electron chi connectivity index (χ0n) is 16.0. The molecule has 2 heterocycles. The lowest BCUT2D eigenvalue weighted by atomic mass is 10.2. The van der Waals surface area contributed by atoms with Gasteiger partial charge in [-0.25, -0.2) is 4.21 Å². The number of para-hydroxylation sites is 1. The Hall–Kier alpha value is -1.93. The summed E-state index contributed by atoms with van der Waals surface area (Å²) in [4.78, 5) is 7.72. The Bertz CT molecular complexity index is 853. The maximum Gasteiger partial charge on any atom is 0.117 e. The highest BCUT2D eigenvalue weighted by Crippen LogP contribution is 2.43. The number of β-amino-alcohol motifs (C(OH)–C–C–N with tert-alkyl or cyclic N) is 1. The molecule has 4 rings (SSSR count). The van der Waals surface area contributed by atoms with Crippen molar-refractivity contribution in [2.24, 2.45) is 0 Å². The first kappa shape index (κ1) is 19.4. The van der Waals surface area contributed by atoms with Gasteiger partial charge in [0.1, 0.15) is 5.75 Å². The molecule has 1 atom stereocenters. The van der Waals surface area contributed by atoms with Crippen molar-refractivity contribution in [1.82, 2.24) is 4.90 Å². The zero-order valence-corrected chi connectivity index (χ0v) is 16.8. The van der Waals surface area contributed by atoms with E-state index in [2.05, 4.69) is 9.80 Å². The maximum atomic E-state index is 12.9. The van der Waals surface area contributed by atoms with Gasteiger partial charge in [0.15, 0.2) is 0 Å². The fraction of sp³-hybridized carbons (Fsp3) is 0.429. The molecule has 2 aliphatic rings. The summed E-state index contributed by atoms with van der Waals surface area (Å²) in [7, 11) is -1.22. The third-order valence-electron chi connectivity index (χ3n) is 5.68. The molecule has 0 radical (unpaired) electrons. The van der Waals surface area contributed by atoms with Crippen molar-refractivity contribution in [2.75, 3.05) is 57.3 Å². The van der Waals surface area contributed by atoms with E-state index in [4.69, 9.17) is 5.11 Å². The fourth-order valence-corrected chi connectivity index (χ4v) is 5.53. The SMILES string of the molecule is O=S1c2ccccc2N(CCC[NH+]2CCN(CCO)CC2)c2cc(O)ccc21. The van der Waals surface area contributed by atoms with Gasteiger partial charge in [-0.2, -0.15) is 0 Å². The molecule has 2 aromatic rings. The topological polar surface area (TPSA) is 68.5 Å². The summed E-state index contributed by atoms with van der Waals surface area (Å²) in [5.41, 5.74) is 1.82. The third kappa shape index (κ3) is 3.93. The largest absolute Gasteiger partial charge is 0.508 e. The number of quaternary nitrogens is 1. The first-order valence-corrected chi connectivity index (χ1v) is 11.1. The van der Waals surface area contributed by atoms with Gasteiger partial charge in [-0.05, 0) is 24.3 Å². The molecule has 3 N–H and O–H groups in total. The molecule has 0 amide bonds. The minimum Gasteiger partial charge on any atom is -0.508 e. The Labute approximate surface area is 168 Å². The van der Waals surface area contributed by atoms with E-state index in [0.717, 1.165) is 73.4 Å². The summed E-state index contributed by atoms with van der Waals surface area (Å²) in [6.07, 6.45) is 1.02. The Morgan fingerprint density at radius 1 is 1.00 bits per heavy atom. The minimum absolute atomic E-state index is 0.200. The molecule has 2 aliphatic heterocycles. The predicted octanol–water partition coefficient (Wildman–Crippen LogP) is 0.593. The van der Waals surface area contributed by atoms with Gasteiger partial charge in [0.05, 0.1) is 58.2 Å².